The first-order valence-corrected chi connectivity index (χ1v) is 6.59. The molecule has 0 radical (unpaired) electrons. The van der Waals surface area contributed by atoms with Crippen molar-refractivity contribution in [3.8, 4) is 0 Å². The van der Waals surface area contributed by atoms with E-state index >= 15 is 0 Å². The number of pyridine rings is 1. The van der Waals surface area contributed by atoms with Crippen LogP contribution in [0.15, 0.2) is 18.3 Å². The summed E-state index contributed by atoms with van der Waals surface area (Å²) in [6.07, 6.45) is 2.38. The Morgan fingerprint density at radius 3 is 2.56 bits per heavy atom. The van der Waals surface area contributed by atoms with Gasteiger partial charge in [-0.2, -0.15) is 0 Å². The minimum Gasteiger partial charge on any atom is -0.389 e. The maximum absolute atomic E-state index is 9.82. The van der Waals surface area contributed by atoms with Crippen molar-refractivity contribution in [2.75, 3.05) is 38.6 Å². The number of anilines is 1. The van der Waals surface area contributed by atoms with Crippen molar-refractivity contribution in [1.29, 1.82) is 0 Å². The zero-order valence-electron chi connectivity index (χ0n) is 11.9. The lowest BCUT2D eigenvalue weighted by Crippen LogP contribution is -2.33. The number of rotatable bonds is 7. The summed E-state index contributed by atoms with van der Waals surface area (Å²) in [5.41, 5.74) is 0.907. The molecule has 0 amide bonds. The molecule has 0 unspecified atom stereocenters. The summed E-state index contributed by atoms with van der Waals surface area (Å²) in [6, 6.07) is 3.83. The molecular formula is C14H25N3O. The van der Waals surface area contributed by atoms with Gasteiger partial charge in [-0.15, -0.1) is 0 Å². The van der Waals surface area contributed by atoms with Crippen LogP contribution < -0.4 is 4.90 Å². The second kappa shape index (κ2) is 7.34. The summed E-state index contributed by atoms with van der Waals surface area (Å²) >= 11 is 0. The van der Waals surface area contributed by atoms with Gasteiger partial charge in [0.15, 0.2) is 0 Å². The Bertz CT molecular complexity index is 353. The molecule has 0 fully saturated rings. The number of aliphatic hydroxyl groups is 1. The van der Waals surface area contributed by atoms with Gasteiger partial charge < -0.3 is 14.9 Å². The lowest BCUT2D eigenvalue weighted by Gasteiger charge is -2.27. The first kappa shape index (κ1) is 14.9. The second-order valence-corrected chi connectivity index (χ2v) is 4.88. The van der Waals surface area contributed by atoms with Crippen LogP contribution in [0.25, 0.3) is 0 Å². The minimum atomic E-state index is -0.479. The monoisotopic (exact) mass is 251 g/mol. The molecule has 4 heteroatoms. The van der Waals surface area contributed by atoms with Gasteiger partial charge in [0.05, 0.1) is 6.10 Å². The minimum absolute atomic E-state index is 0.479. The zero-order valence-corrected chi connectivity index (χ0v) is 11.9. The third kappa shape index (κ3) is 4.27. The highest BCUT2D eigenvalue weighted by Gasteiger charge is 2.14. The van der Waals surface area contributed by atoms with Crippen molar-refractivity contribution >= 4 is 5.82 Å². The molecular weight excluding hydrogens is 226 g/mol. The second-order valence-electron chi connectivity index (χ2n) is 4.88. The average Bonchev–Trinajstić information content (AvgIpc) is 2.34. The van der Waals surface area contributed by atoms with Gasteiger partial charge in [-0.1, -0.05) is 13.0 Å². The van der Waals surface area contributed by atoms with Crippen LogP contribution in [0.4, 0.5) is 5.82 Å². The Labute approximate surface area is 110 Å². The normalized spacial score (nSPS) is 12.8. The van der Waals surface area contributed by atoms with Crippen LogP contribution >= 0.6 is 0 Å². The molecule has 102 valence electrons. The van der Waals surface area contributed by atoms with Gasteiger partial charge in [0.2, 0.25) is 0 Å². The van der Waals surface area contributed by atoms with E-state index in [9.17, 15) is 5.11 Å². The van der Waals surface area contributed by atoms with E-state index in [1.54, 1.807) is 13.1 Å². The highest BCUT2D eigenvalue weighted by atomic mass is 16.3. The van der Waals surface area contributed by atoms with E-state index in [1.165, 1.54) is 0 Å². The molecule has 4 nitrogen and oxygen atoms in total. The van der Waals surface area contributed by atoms with E-state index < -0.39 is 6.10 Å². The van der Waals surface area contributed by atoms with Crippen molar-refractivity contribution in [1.82, 2.24) is 9.88 Å². The van der Waals surface area contributed by atoms with Crippen LogP contribution in [-0.4, -0.2) is 48.7 Å². The van der Waals surface area contributed by atoms with E-state index in [-0.39, 0.29) is 0 Å². The third-order valence-electron chi connectivity index (χ3n) is 2.88. The number of hydrogen-bond acceptors (Lipinski definition) is 4. The molecule has 1 aromatic heterocycles. The summed E-state index contributed by atoms with van der Waals surface area (Å²) in [5, 5.41) is 9.82. The lowest BCUT2D eigenvalue weighted by molar-refractivity contribution is 0.199. The number of nitrogens with zero attached hydrogens (tertiary/aromatic N) is 3. The fourth-order valence-corrected chi connectivity index (χ4v) is 1.91. The van der Waals surface area contributed by atoms with E-state index in [0.29, 0.717) is 0 Å². The molecule has 1 aromatic rings. The molecule has 0 aliphatic rings. The first-order chi connectivity index (χ1) is 8.56. The third-order valence-corrected chi connectivity index (χ3v) is 2.88. The summed E-state index contributed by atoms with van der Waals surface area (Å²) in [5.74, 6) is 0.913. The van der Waals surface area contributed by atoms with Gasteiger partial charge in [-0.05, 0) is 33.5 Å². The van der Waals surface area contributed by atoms with E-state index in [2.05, 4.69) is 35.8 Å². The molecule has 0 saturated heterocycles. The topological polar surface area (TPSA) is 39.6 Å². The largest absolute Gasteiger partial charge is 0.389 e. The van der Waals surface area contributed by atoms with Crippen LogP contribution in [0.5, 0.6) is 0 Å². The average molecular weight is 251 g/mol. The first-order valence-electron chi connectivity index (χ1n) is 6.59. The van der Waals surface area contributed by atoms with Crippen LogP contribution in [-0.2, 0) is 0 Å². The van der Waals surface area contributed by atoms with Gasteiger partial charge in [0.25, 0.3) is 0 Å². The van der Waals surface area contributed by atoms with Crippen molar-refractivity contribution in [3.63, 3.8) is 0 Å². The predicted molar refractivity (Wildman–Crippen MR) is 75.9 cm³/mol. The molecule has 1 atom stereocenters. The molecule has 0 aromatic carbocycles. The van der Waals surface area contributed by atoms with Crippen molar-refractivity contribution in [2.45, 2.75) is 26.4 Å². The summed E-state index contributed by atoms with van der Waals surface area (Å²) in [4.78, 5) is 8.86. The van der Waals surface area contributed by atoms with Crippen LogP contribution in [0.3, 0.4) is 0 Å². The quantitative estimate of drug-likeness (QED) is 0.803. The predicted octanol–water partition coefficient (Wildman–Crippen LogP) is 1.91. The van der Waals surface area contributed by atoms with E-state index in [0.717, 1.165) is 37.4 Å². The Kier molecular flexibility index (Phi) is 6.09. The molecule has 0 aliphatic heterocycles. The van der Waals surface area contributed by atoms with Gasteiger partial charge >= 0.3 is 0 Å². The lowest BCUT2D eigenvalue weighted by atomic mass is 10.1. The van der Waals surface area contributed by atoms with Gasteiger partial charge in [0, 0.05) is 31.4 Å². The fraction of sp³-hybridized carbons (Fsp3) is 0.643. The highest BCUT2D eigenvalue weighted by Crippen LogP contribution is 2.23. The molecule has 0 aliphatic carbocycles. The molecule has 0 bridgehead atoms. The molecule has 1 rings (SSSR count). The fourth-order valence-electron chi connectivity index (χ4n) is 1.91. The van der Waals surface area contributed by atoms with Gasteiger partial charge in [-0.3, -0.25) is 0 Å². The number of aliphatic hydroxyl groups excluding tert-OH is 1. The maximum Gasteiger partial charge on any atom is 0.134 e. The summed E-state index contributed by atoms with van der Waals surface area (Å²) in [7, 11) is 4.14. The zero-order chi connectivity index (χ0) is 13.5. The van der Waals surface area contributed by atoms with Gasteiger partial charge in [0.1, 0.15) is 5.82 Å². The van der Waals surface area contributed by atoms with Crippen molar-refractivity contribution in [3.05, 3.63) is 23.9 Å². The van der Waals surface area contributed by atoms with E-state index in [1.807, 2.05) is 12.1 Å². The number of hydrogen-bond donors (Lipinski definition) is 1. The van der Waals surface area contributed by atoms with Crippen LogP contribution in [0.2, 0.25) is 0 Å². The molecule has 1 heterocycles. The number of likely N-dealkylation sites (N-methyl/N-ethyl adjacent to an activating group) is 1. The SMILES string of the molecule is CCCN(CCN(C)C)c1ncccc1[C@@H](C)O. The Morgan fingerprint density at radius 2 is 2.00 bits per heavy atom. The summed E-state index contributed by atoms with van der Waals surface area (Å²) < 4.78 is 0. The van der Waals surface area contributed by atoms with E-state index in [4.69, 9.17) is 0 Å². The van der Waals surface area contributed by atoms with Crippen LogP contribution in [0, 0.1) is 0 Å². The van der Waals surface area contributed by atoms with Crippen molar-refractivity contribution < 1.29 is 5.11 Å². The standard InChI is InChI=1S/C14H25N3O/c1-5-9-17(11-10-16(3)4)14-13(12(2)18)7-6-8-15-14/h6-8,12,18H,5,9-11H2,1-4H3/t12-/m1/s1. The van der Waals surface area contributed by atoms with Crippen LogP contribution in [0.1, 0.15) is 31.9 Å². The summed E-state index contributed by atoms with van der Waals surface area (Å²) in [6.45, 7) is 6.82. The molecule has 0 saturated carbocycles. The smallest absolute Gasteiger partial charge is 0.134 e. The molecule has 18 heavy (non-hydrogen) atoms. The Hall–Kier alpha value is -1.13. The highest BCUT2D eigenvalue weighted by molar-refractivity contribution is 5.47. The molecule has 0 spiro atoms. The maximum atomic E-state index is 9.82. The van der Waals surface area contributed by atoms with Gasteiger partial charge in [-0.25, -0.2) is 4.98 Å². The Balaban J connectivity index is 2.90. The Morgan fingerprint density at radius 1 is 1.28 bits per heavy atom. The van der Waals surface area contributed by atoms with Crippen molar-refractivity contribution in [2.24, 2.45) is 0 Å². The molecule has 1 N–H and O–H groups in total. The number of aromatic nitrogens is 1.